The Morgan fingerprint density at radius 1 is 1.03 bits per heavy atom. The average molecular weight is 558 g/mol. The van der Waals surface area contributed by atoms with Crippen LogP contribution in [0.1, 0.15) is 22.3 Å². The lowest BCUT2D eigenvalue weighted by atomic mass is 9.95. The second-order valence-electron chi connectivity index (χ2n) is 8.47. The third-order valence-corrected chi connectivity index (χ3v) is 6.21. The first-order chi connectivity index (χ1) is 17.1. The fourth-order valence-corrected chi connectivity index (χ4v) is 3.92. The third-order valence-electron chi connectivity index (χ3n) is 5.69. The number of hydrogen-bond acceptors (Lipinski definition) is 6. The first-order valence-corrected chi connectivity index (χ1v) is 12.3. The van der Waals surface area contributed by atoms with Crippen molar-refractivity contribution in [3.8, 4) is 0 Å². The standard InChI is InChI=1S/C24H27Cl3N4O5/c1-14-3-7-16(8-4-14)12-34-20-18(11-32)36-22(30-31-28)19(29-23(33)24(25,26)27)21(20)35-13-17-9-5-15(2)6-10-17/h3-10,18-22,32H,11-13H2,1-2H3,(H,29,33)/t18-,19-,20-,21-,22-/m1/s1. The maximum atomic E-state index is 12.6. The van der Waals surface area contributed by atoms with E-state index in [-0.39, 0.29) is 13.2 Å². The number of alkyl halides is 3. The van der Waals surface area contributed by atoms with E-state index in [1.165, 1.54) is 0 Å². The molecule has 1 saturated heterocycles. The summed E-state index contributed by atoms with van der Waals surface area (Å²) in [5.74, 6) is -0.956. The summed E-state index contributed by atoms with van der Waals surface area (Å²) >= 11 is 17.3. The van der Waals surface area contributed by atoms with E-state index >= 15 is 0 Å². The third kappa shape index (κ3) is 7.71. The first-order valence-electron chi connectivity index (χ1n) is 11.1. The van der Waals surface area contributed by atoms with Crippen molar-refractivity contribution in [3.05, 3.63) is 81.2 Å². The van der Waals surface area contributed by atoms with Gasteiger partial charge in [0.05, 0.1) is 25.9 Å². The summed E-state index contributed by atoms with van der Waals surface area (Å²) in [7, 11) is 0. The van der Waals surface area contributed by atoms with Crippen molar-refractivity contribution in [1.29, 1.82) is 0 Å². The smallest absolute Gasteiger partial charge is 0.272 e. The molecular weight excluding hydrogens is 531 g/mol. The second kappa shape index (κ2) is 12.9. The van der Waals surface area contributed by atoms with Crippen LogP contribution < -0.4 is 5.32 Å². The van der Waals surface area contributed by atoms with Crippen LogP contribution in [0.2, 0.25) is 0 Å². The van der Waals surface area contributed by atoms with Crippen molar-refractivity contribution in [2.75, 3.05) is 6.61 Å². The molecule has 0 aromatic heterocycles. The fraction of sp³-hybridized carbons (Fsp3) is 0.458. The summed E-state index contributed by atoms with van der Waals surface area (Å²) in [6.07, 6.45) is -3.98. The normalized spacial score (nSPS) is 24.1. The maximum Gasteiger partial charge on any atom is 0.272 e. The minimum atomic E-state index is -2.28. The summed E-state index contributed by atoms with van der Waals surface area (Å²) < 4.78 is 15.9. The molecular formula is C24H27Cl3N4O5. The number of ether oxygens (including phenoxy) is 3. The molecule has 12 heteroatoms. The number of azide groups is 1. The summed E-state index contributed by atoms with van der Waals surface area (Å²) in [5.41, 5.74) is 13.0. The van der Waals surface area contributed by atoms with Crippen LogP contribution in [0, 0.1) is 13.8 Å². The number of carbonyl (C=O) groups is 1. The molecule has 0 bridgehead atoms. The Bertz CT molecular complexity index is 1060. The molecule has 0 aliphatic carbocycles. The van der Waals surface area contributed by atoms with Crippen LogP contribution in [-0.4, -0.2) is 52.0 Å². The van der Waals surface area contributed by atoms with Crippen LogP contribution in [0.3, 0.4) is 0 Å². The second-order valence-corrected chi connectivity index (χ2v) is 10.8. The first kappa shape index (κ1) is 28.5. The Morgan fingerprint density at radius 2 is 1.53 bits per heavy atom. The van der Waals surface area contributed by atoms with Crippen LogP contribution in [0.4, 0.5) is 0 Å². The van der Waals surface area contributed by atoms with Crippen LogP contribution in [0.25, 0.3) is 10.4 Å². The van der Waals surface area contributed by atoms with Gasteiger partial charge < -0.3 is 24.6 Å². The van der Waals surface area contributed by atoms with E-state index in [9.17, 15) is 9.90 Å². The van der Waals surface area contributed by atoms with Crippen LogP contribution in [0.5, 0.6) is 0 Å². The summed E-state index contributed by atoms with van der Waals surface area (Å²) in [5, 5.41) is 16.3. The van der Waals surface area contributed by atoms with Gasteiger partial charge in [0, 0.05) is 4.91 Å². The highest BCUT2D eigenvalue weighted by molar-refractivity contribution is 6.76. The van der Waals surface area contributed by atoms with Gasteiger partial charge in [0.2, 0.25) is 0 Å². The summed E-state index contributed by atoms with van der Waals surface area (Å²) in [4.78, 5) is 15.4. The van der Waals surface area contributed by atoms with Crippen LogP contribution >= 0.6 is 34.8 Å². The van der Waals surface area contributed by atoms with Crippen molar-refractivity contribution in [2.24, 2.45) is 5.11 Å². The Hall–Kier alpha value is -2.07. The van der Waals surface area contributed by atoms with Gasteiger partial charge in [-0.1, -0.05) is 99.6 Å². The molecule has 1 heterocycles. The van der Waals surface area contributed by atoms with Crippen molar-refractivity contribution in [1.82, 2.24) is 5.32 Å². The van der Waals surface area contributed by atoms with Gasteiger partial charge in [-0.25, -0.2) is 0 Å². The molecule has 2 aromatic rings. The van der Waals surface area contributed by atoms with E-state index in [0.717, 1.165) is 22.3 Å². The van der Waals surface area contributed by atoms with E-state index in [1.54, 1.807) is 0 Å². The molecule has 2 aromatic carbocycles. The van der Waals surface area contributed by atoms with E-state index in [2.05, 4.69) is 15.3 Å². The van der Waals surface area contributed by atoms with Crippen molar-refractivity contribution < 1.29 is 24.1 Å². The lowest BCUT2D eigenvalue weighted by Gasteiger charge is -2.45. The molecule has 36 heavy (non-hydrogen) atoms. The number of nitrogens with one attached hydrogen (secondary N) is 1. The largest absolute Gasteiger partial charge is 0.394 e. The monoisotopic (exact) mass is 556 g/mol. The summed E-state index contributed by atoms with van der Waals surface area (Å²) in [6, 6.07) is 14.3. The fourth-order valence-electron chi connectivity index (χ4n) is 3.76. The van der Waals surface area contributed by atoms with E-state index in [1.807, 2.05) is 62.4 Å². The Kier molecular flexibility index (Phi) is 10.2. The van der Waals surface area contributed by atoms with Crippen molar-refractivity contribution in [2.45, 2.75) is 61.4 Å². The van der Waals surface area contributed by atoms with Gasteiger partial charge in [-0.3, -0.25) is 4.79 Å². The minimum Gasteiger partial charge on any atom is -0.394 e. The topological polar surface area (TPSA) is 126 Å². The Labute approximate surface area is 224 Å². The predicted molar refractivity (Wildman–Crippen MR) is 137 cm³/mol. The van der Waals surface area contributed by atoms with E-state index in [0.29, 0.717) is 0 Å². The molecule has 0 radical (unpaired) electrons. The highest BCUT2D eigenvalue weighted by atomic mass is 35.6. The lowest BCUT2D eigenvalue weighted by Crippen LogP contribution is -2.65. The summed E-state index contributed by atoms with van der Waals surface area (Å²) in [6.45, 7) is 3.80. The van der Waals surface area contributed by atoms with Crippen molar-refractivity contribution in [3.63, 3.8) is 0 Å². The molecule has 2 N–H and O–H groups in total. The molecule has 9 nitrogen and oxygen atoms in total. The van der Waals surface area contributed by atoms with Gasteiger partial charge in [0.15, 0.2) is 6.23 Å². The number of benzene rings is 2. The number of aliphatic hydroxyl groups is 1. The number of nitrogens with zero attached hydrogens (tertiary/aromatic N) is 3. The maximum absolute atomic E-state index is 12.6. The number of carbonyl (C=O) groups excluding carboxylic acids is 1. The number of amides is 1. The van der Waals surface area contributed by atoms with Gasteiger partial charge in [-0.2, -0.15) is 0 Å². The van der Waals surface area contributed by atoms with Gasteiger partial charge in [0.1, 0.15) is 18.3 Å². The lowest BCUT2D eigenvalue weighted by molar-refractivity contribution is -0.227. The van der Waals surface area contributed by atoms with Gasteiger partial charge in [0.25, 0.3) is 9.70 Å². The van der Waals surface area contributed by atoms with Gasteiger partial charge in [-0.05, 0) is 30.5 Å². The molecule has 1 aliphatic rings. The highest BCUT2D eigenvalue weighted by Gasteiger charge is 2.49. The zero-order valence-electron chi connectivity index (χ0n) is 19.7. The van der Waals surface area contributed by atoms with Gasteiger partial charge in [-0.15, -0.1) is 0 Å². The molecule has 0 saturated carbocycles. The average Bonchev–Trinajstić information content (AvgIpc) is 2.84. The molecule has 1 amide bonds. The molecule has 1 fully saturated rings. The molecule has 3 rings (SSSR count). The Morgan fingerprint density at radius 3 is 1.97 bits per heavy atom. The molecule has 0 unspecified atom stereocenters. The highest BCUT2D eigenvalue weighted by Crippen LogP contribution is 2.31. The predicted octanol–water partition coefficient (Wildman–Crippen LogP) is 4.66. The quantitative estimate of drug-likeness (QED) is 0.201. The van der Waals surface area contributed by atoms with E-state index in [4.69, 9.17) is 54.5 Å². The van der Waals surface area contributed by atoms with Gasteiger partial charge >= 0.3 is 0 Å². The zero-order valence-corrected chi connectivity index (χ0v) is 22.0. The molecule has 194 valence electrons. The number of rotatable bonds is 9. The molecule has 5 atom stereocenters. The number of aliphatic hydroxyl groups excluding tert-OH is 1. The number of hydrogen-bond donors (Lipinski definition) is 2. The zero-order chi connectivity index (χ0) is 26.3. The minimum absolute atomic E-state index is 0.136. The van der Waals surface area contributed by atoms with Crippen molar-refractivity contribution >= 4 is 40.7 Å². The molecule has 1 aliphatic heterocycles. The van der Waals surface area contributed by atoms with Crippen LogP contribution in [-0.2, 0) is 32.2 Å². The van der Waals surface area contributed by atoms with E-state index < -0.39 is 46.9 Å². The number of halogens is 3. The Balaban J connectivity index is 1.92. The number of aryl methyl sites for hydroxylation is 2. The van der Waals surface area contributed by atoms with Crippen LogP contribution in [0.15, 0.2) is 53.6 Å². The molecule has 0 spiro atoms. The SMILES string of the molecule is Cc1ccc(CO[C@@H]2[C@@H](NC(=O)C(Cl)(Cl)Cl)[C@H](N=[N+]=[N-])O[C@H](CO)[C@H]2OCc2ccc(C)cc2)cc1.